The lowest BCUT2D eigenvalue weighted by atomic mass is 10.1. The molecule has 2 amide bonds. The summed E-state index contributed by atoms with van der Waals surface area (Å²) in [4.78, 5) is 29.7. The van der Waals surface area contributed by atoms with Crippen molar-refractivity contribution in [2.75, 3.05) is 43.5 Å². The van der Waals surface area contributed by atoms with Crippen LogP contribution in [0, 0.1) is 0 Å². The third-order valence-electron chi connectivity index (χ3n) is 5.54. The van der Waals surface area contributed by atoms with Crippen LogP contribution in [0.2, 0.25) is 0 Å². The SMILES string of the molecule is COc1ccccc1N1CCN(C(=O)C[C@@H]2Sc3ccc(C(F)(F)F)cc3NC2=O)CC1. The Hall–Kier alpha value is -2.88. The van der Waals surface area contributed by atoms with Crippen LogP contribution in [0.5, 0.6) is 5.75 Å². The van der Waals surface area contributed by atoms with Gasteiger partial charge >= 0.3 is 6.18 Å². The summed E-state index contributed by atoms with van der Waals surface area (Å²) in [5.41, 5.74) is 0.280. The first kappa shape index (κ1) is 22.3. The molecule has 2 aliphatic rings. The molecule has 0 spiro atoms. The Morgan fingerprint density at radius 3 is 2.56 bits per heavy atom. The number of hydrogen-bond acceptors (Lipinski definition) is 5. The summed E-state index contributed by atoms with van der Waals surface area (Å²) >= 11 is 1.13. The highest BCUT2D eigenvalue weighted by Crippen LogP contribution is 2.40. The molecule has 0 aliphatic carbocycles. The van der Waals surface area contributed by atoms with E-state index in [4.69, 9.17) is 4.74 Å². The molecular weight excluding hydrogens is 443 g/mol. The Bertz CT molecular complexity index is 1020. The number of fused-ring (bicyclic) bond motifs is 1. The number of anilines is 2. The maximum absolute atomic E-state index is 12.9. The molecule has 2 aliphatic heterocycles. The molecule has 10 heteroatoms. The van der Waals surface area contributed by atoms with E-state index in [9.17, 15) is 22.8 Å². The van der Waals surface area contributed by atoms with Crippen LogP contribution in [0.25, 0.3) is 0 Å². The first-order chi connectivity index (χ1) is 15.3. The van der Waals surface area contributed by atoms with Gasteiger partial charge in [0, 0.05) is 37.5 Å². The summed E-state index contributed by atoms with van der Waals surface area (Å²) in [5.74, 6) is 0.172. The molecule has 0 radical (unpaired) electrons. The van der Waals surface area contributed by atoms with Gasteiger partial charge in [-0.15, -0.1) is 11.8 Å². The second-order valence-corrected chi connectivity index (χ2v) is 8.79. The molecule has 32 heavy (non-hydrogen) atoms. The summed E-state index contributed by atoms with van der Waals surface area (Å²) in [7, 11) is 1.62. The average molecular weight is 465 g/mol. The molecule has 170 valence electrons. The lowest BCUT2D eigenvalue weighted by molar-refractivity contribution is -0.137. The van der Waals surface area contributed by atoms with Gasteiger partial charge in [-0.2, -0.15) is 13.2 Å². The standard InChI is InChI=1S/C22H22F3N3O3S/c1-31-17-5-3-2-4-16(17)27-8-10-28(11-9-27)20(29)13-19-21(30)26-15-12-14(22(23,24)25)6-7-18(15)32-19/h2-7,12,19H,8-11,13H2,1H3,(H,26,30)/t19-/m0/s1. The number of amides is 2. The fourth-order valence-corrected chi connectivity index (χ4v) is 4.92. The highest BCUT2D eigenvalue weighted by Gasteiger charge is 2.35. The summed E-state index contributed by atoms with van der Waals surface area (Å²) in [6.07, 6.45) is -4.49. The van der Waals surface area contributed by atoms with Gasteiger partial charge in [0.25, 0.3) is 0 Å². The van der Waals surface area contributed by atoms with Crippen molar-refractivity contribution in [1.29, 1.82) is 0 Å². The zero-order chi connectivity index (χ0) is 22.9. The Morgan fingerprint density at radius 2 is 1.88 bits per heavy atom. The number of benzene rings is 2. The Balaban J connectivity index is 1.36. The van der Waals surface area contributed by atoms with Gasteiger partial charge in [0.05, 0.1) is 29.3 Å². The summed E-state index contributed by atoms with van der Waals surface area (Å²) in [6, 6.07) is 10.9. The zero-order valence-corrected chi connectivity index (χ0v) is 18.1. The number of ether oxygens (including phenoxy) is 1. The summed E-state index contributed by atoms with van der Waals surface area (Å²) in [6.45, 7) is 2.31. The third kappa shape index (κ3) is 4.64. The van der Waals surface area contributed by atoms with Crippen LogP contribution < -0.4 is 15.0 Å². The van der Waals surface area contributed by atoms with Crippen molar-refractivity contribution in [1.82, 2.24) is 4.90 Å². The van der Waals surface area contributed by atoms with Gasteiger partial charge in [-0.3, -0.25) is 9.59 Å². The van der Waals surface area contributed by atoms with Crippen LogP contribution in [0.1, 0.15) is 12.0 Å². The second kappa shape index (κ2) is 8.93. The molecule has 2 aromatic rings. The fourth-order valence-electron chi connectivity index (χ4n) is 3.84. The number of nitrogens with zero attached hydrogens (tertiary/aromatic N) is 2. The molecule has 0 unspecified atom stereocenters. The number of piperazine rings is 1. The quantitative estimate of drug-likeness (QED) is 0.743. The first-order valence-electron chi connectivity index (χ1n) is 10.1. The number of carbonyl (C=O) groups excluding carboxylic acids is 2. The van der Waals surface area contributed by atoms with Gasteiger partial charge in [-0.25, -0.2) is 0 Å². The van der Waals surface area contributed by atoms with Gasteiger partial charge in [0.15, 0.2) is 0 Å². The van der Waals surface area contributed by atoms with E-state index in [1.165, 1.54) is 6.07 Å². The van der Waals surface area contributed by atoms with E-state index >= 15 is 0 Å². The third-order valence-corrected chi connectivity index (χ3v) is 6.82. The molecule has 6 nitrogen and oxygen atoms in total. The molecule has 0 bridgehead atoms. The van der Waals surface area contributed by atoms with Crippen LogP contribution in [0.3, 0.4) is 0 Å². The normalized spacial score (nSPS) is 18.8. The number of methoxy groups -OCH3 is 1. The largest absolute Gasteiger partial charge is 0.495 e. The van der Waals surface area contributed by atoms with Gasteiger partial charge in [0.2, 0.25) is 11.8 Å². The number of halogens is 3. The Labute approximate surface area is 187 Å². The minimum atomic E-state index is -4.48. The molecule has 1 atom stereocenters. The molecule has 1 fully saturated rings. The van der Waals surface area contributed by atoms with E-state index in [1.807, 2.05) is 24.3 Å². The zero-order valence-electron chi connectivity index (χ0n) is 17.3. The van der Waals surface area contributed by atoms with Crippen molar-refractivity contribution in [3.05, 3.63) is 48.0 Å². The highest BCUT2D eigenvalue weighted by molar-refractivity contribution is 8.01. The van der Waals surface area contributed by atoms with Crippen molar-refractivity contribution in [2.24, 2.45) is 0 Å². The molecule has 1 N–H and O–H groups in total. The van der Waals surface area contributed by atoms with Crippen molar-refractivity contribution >= 4 is 35.0 Å². The summed E-state index contributed by atoms with van der Waals surface area (Å²) < 4.78 is 44.1. The lowest BCUT2D eigenvalue weighted by Gasteiger charge is -2.37. The maximum Gasteiger partial charge on any atom is 0.416 e. The smallest absolute Gasteiger partial charge is 0.416 e. The number of carbonyl (C=O) groups is 2. The van der Waals surface area contributed by atoms with Gasteiger partial charge in [-0.1, -0.05) is 12.1 Å². The van der Waals surface area contributed by atoms with Crippen LogP contribution in [-0.2, 0) is 15.8 Å². The van der Waals surface area contributed by atoms with Gasteiger partial charge in [0.1, 0.15) is 5.75 Å². The van der Waals surface area contributed by atoms with Crippen molar-refractivity contribution < 1.29 is 27.5 Å². The number of thioether (sulfide) groups is 1. The maximum atomic E-state index is 12.9. The molecule has 2 heterocycles. The van der Waals surface area contributed by atoms with E-state index in [0.717, 1.165) is 35.3 Å². The van der Waals surface area contributed by atoms with Crippen molar-refractivity contribution in [3.8, 4) is 5.75 Å². The van der Waals surface area contributed by atoms with Gasteiger partial charge < -0.3 is 19.9 Å². The minimum absolute atomic E-state index is 0.00831. The van der Waals surface area contributed by atoms with Crippen LogP contribution in [0.4, 0.5) is 24.5 Å². The van der Waals surface area contributed by atoms with Crippen LogP contribution in [-0.4, -0.2) is 55.3 Å². The topological polar surface area (TPSA) is 61.9 Å². The number of rotatable bonds is 4. The molecule has 1 saturated heterocycles. The molecule has 2 aromatic carbocycles. The first-order valence-corrected chi connectivity index (χ1v) is 11.0. The van der Waals surface area contributed by atoms with Gasteiger partial charge in [-0.05, 0) is 30.3 Å². The van der Waals surface area contributed by atoms with E-state index in [2.05, 4.69) is 10.2 Å². The minimum Gasteiger partial charge on any atom is -0.495 e. The number of para-hydroxylation sites is 2. The molecule has 4 rings (SSSR count). The van der Waals surface area contributed by atoms with Crippen molar-refractivity contribution in [2.45, 2.75) is 22.7 Å². The Kier molecular flexibility index (Phi) is 6.23. The number of nitrogens with one attached hydrogen (secondary N) is 1. The predicted octanol–water partition coefficient (Wildman–Crippen LogP) is 3.87. The predicted molar refractivity (Wildman–Crippen MR) is 116 cm³/mol. The van der Waals surface area contributed by atoms with E-state index in [0.29, 0.717) is 31.1 Å². The van der Waals surface area contributed by atoms with Crippen LogP contribution in [0.15, 0.2) is 47.4 Å². The highest BCUT2D eigenvalue weighted by atomic mass is 32.2. The molecular formula is C22H22F3N3O3S. The Morgan fingerprint density at radius 1 is 1.16 bits per heavy atom. The second-order valence-electron chi connectivity index (χ2n) is 7.55. The van der Waals surface area contributed by atoms with Crippen LogP contribution >= 0.6 is 11.8 Å². The van der Waals surface area contributed by atoms with Crippen molar-refractivity contribution in [3.63, 3.8) is 0 Å². The van der Waals surface area contributed by atoms with E-state index in [-0.39, 0.29) is 18.0 Å². The number of hydrogen-bond donors (Lipinski definition) is 1. The monoisotopic (exact) mass is 465 g/mol. The average Bonchev–Trinajstić information content (AvgIpc) is 2.78. The molecule has 0 saturated carbocycles. The molecule has 0 aromatic heterocycles. The lowest BCUT2D eigenvalue weighted by Crippen LogP contribution is -2.49. The van der Waals surface area contributed by atoms with E-state index < -0.39 is 22.9 Å². The van der Waals surface area contributed by atoms with E-state index in [1.54, 1.807) is 12.0 Å². The summed E-state index contributed by atoms with van der Waals surface area (Å²) in [5, 5.41) is 1.84. The number of alkyl halides is 3. The fraction of sp³-hybridized carbons (Fsp3) is 0.364.